The Bertz CT molecular complexity index is 445. The highest BCUT2D eigenvalue weighted by atomic mass is 79.9. The maximum atomic E-state index is 10.2. The van der Waals surface area contributed by atoms with Gasteiger partial charge < -0.3 is 15.9 Å². The predicted octanol–water partition coefficient (Wildman–Crippen LogP) is 4.51. The first-order valence-electron chi connectivity index (χ1n) is 5.61. The number of rotatable bonds is 4. The van der Waals surface area contributed by atoms with Crippen LogP contribution in [0.4, 0.5) is 0 Å². The van der Waals surface area contributed by atoms with Crippen molar-refractivity contribution in [3.05, 3.63) is 25.0 Å². The Kier molecular flexibility index (Phi) is 8.48. The van der Waals surface area contributed by atoms with Crippen LogP contribution in [0.3, 0.4) is 0 Å². The van der Waals surface area contributed by atoms with Crippen molar-refractivity contribution in [2.75, 3.05) is 0 Å². The normalized spacial score (nSPS) is 15.5. The average Bonchev–Trinajstić information content (AvgIpc) is 2.34. The van der Waals surface area contributed by atoms with E-state index in [0.29, 0.717) is 14.5 Å². The van der Waals surface area contributed by atoms with Crippen LogP contribution in [0.5, 0.6) is 5.75 Å². The molecule has 1 unspecified atom stereocenters. The molecule has 0 radical (unpaired) electrons. The molecule has 0 spiro atoms. The van der Waals surface area contributed by atoms with E-state index in [4.69, 9.17) is 5.73 Å². The number of aliphatic hydroxyl groups excluding tert-OH is 1. The van der Waals surface area contributed by atoms with Crippen LogP contribution in [0.25, 0.3) is 0 Å². The summed E-state index contributed by atoms with van der Waals surface area (Å²) in [5, 5.41) is 20.1. The van der Waals surface area contributed by atoms with Gasteiger partial charge >= 0.3 is 0 Å². The number of phenolic OH excluding ortho intramolecular Hbond substituents is 1. The molecule has 1 aromatic rings. The van der Waals surface area contributed by atoms with Crippen LogP contribution in [0.1, 0.15) is 31.9 Å². The number of benzene rings is 1. The summed E-state index contributed by atoms with van der Waals surface area (Å²) in [6.45, 7) is 3.95. The van der Waals surface area contributed by atoms with E-state index in [1.54, 1.807) is 6.07 Å². The van der Waals surface area contributed by atoms with Gasteiger partial charge in [0.1, 0.15) is 5.75 Å². The molecule has 3 atom stereocenters. The van der Waals surface area contributed by atoms with Crippen molar-refractivity contribution in [3.8, 4) is 5.75 Å². The minimum atomic E-state index is -0.664. The summed E-state index contributed by atoms with van der Waals surface area (Å²) in [5.41, 5.74) is 6.77. The quantitative estimate of drug-likeness (QED) is 0.592. The van der Waals surface area contributed by atoms with Crippen LogP contribution in [0.15, 0.2) is 19.5 Å². The zero-order chi connectivity index (χ0) is 14.0. The van der Waals surface area contributed by atoms with Gasteiger partial charge in [0.2, 0.25) is 0 Å². The Labute approximate surface area is 144 Å². The van der Waals surface area contributed by atoms with Gasteiger partial charge in [-0.05, 0) is 43.8 Å². The molecule has 19 heavy (non-hydrogen) atoms. The fourth-order valence-electron chi connectivity index (χ4n) is 1.67. The van der Waals surface area contributed by atoms with Crippen LogP contribution in [0.2, 0.25) is 0 Å². The molecule has 4 N–H and O–H groups in total. The van der Waals surface area contributed by atoms with Crippen LogP contribution in [0, 0.1) is 5.92 Å². The lowest BCUT2D eigenvalue weighted by Gasteiger charge is -2.26. The van der Waals surface area contributed by atoms with Gasteiger partial charge in [0.25, 0.3) is 0 Å². The summed E-state index contributed by atoms with van der Waals surface area (Å²) < 4.78 is 1.81. The van der Waals surface area contributed by atoms with E-state index in [9.17, 15) is 10.2 Å². The van der Waals surface area contributed by atoms with Crippen molar-refractivity contribution >= 4 is 60.2 Å². The Balaban J connectivity index is 0.00000324. The molecule has 0 fully saturated rings. The van der Waals surface area contributed by atoms with Crippen molar-refractivity contribution in [1.29, 1.82) is 0 Å². The second-order valence-electron chi connectivity index (χ2n) is 4.32. The van der Waals surface area contributed by atoms with Crippen LogP contribution < -0.4 is 5.73 Å². The van der Waals surface area contributed by atoms with Crippen molar-refractivity contribution in [2.45, 2.75) is 32.4 Å². The molecule has 0 amide bonds. The number of phenols is 1. The van der Waals surface area contributed by atoms with Crippen LogP contribution >= 0.6 is 60.2 Å². The van der Waals surface area contributed by atoms with Crippen molar-refractivity contribution in [3.63, 3.8) is 0 Å². The molecular formula is C12H17Br3ClNO2. The van der Waals surface area contributed by atoms with Crippen LogP contribution in [-0.4, -0.2) is 16.3 Å². The molecule has 0 aliphatic rings. The van der Waals surface area contributed by atoms with Gasteiger partial charge in [-0.1, -0.05) is 36.2 Å². The summed E-state index contributed by atoms with van der Waals surface area (Å²) in [7, 11) is 0. The molecule has 3 nitrogen and oxygen atoms in total. The van der Waals surface area contributed by atoms with Gasteiger partial charge in [0, 0.05) is 10.0 Å². The molecule has 110 valence electrons. The Hall–Kier alpha value is 0.670. The second kappa shape index (κ2) is 8.20. The first kappa shape index (κ1) is 19.7. The molecule has 0 heterocycles. The molecule has 1 rings (SSSR count). The third-order valence-corrected chi connectivity index (χ3v) is 5.17. The third-order valence-electron chi connectivity index (χ3n) is 3.11. The smallest absolute Gasteiger partial charge is 0.144 e. The van der Waals surface area contributed by atoms with Crippen LogP contribution in [-0.2, 0) is 0 Å². The Morgan fingerprint density at radius 2 is 1.79 bits per heavy atom. The third kappa shape index (κ3) is 4.32. The average molecular weight is 482 g/mol. The molecule has 0 bridgehead atoms. The van der Waals surface area contributed by atoms with E-state index < -0.39 is 12.1 Å². The minimum Gasteiger partial charge on any atom is -0.506 e. The van der Waals surface area contributed by atoms with Crippen molar-refractivity contribution < 1.29 is 10.2 Å². The lowest BCUT2D eigenvalue weighted by atomic mass is 9.91. The zero-order valence-electron chi connectivity index (χ0n) is 10.5. The molecule has 0 aromatic heterocycles. The summed E-state index contributed by atoms with van der Waals surface area (Å²) >= 11 is 9.98. The van der Waals surface area contributed by atoms with Gasteiger partial charge in [-0.2, -0.15) is 0 Å². The number of hydrogen-bond acceptors (Lipinski definition) is 3. The van der Waals surface area contributed by atoms with Gasteiger partial charge in [0.15, 0.2) is 0 Å². The highest BCUT2D eigenvalue weighted by molar-refractivity contribution is 9.11. The van der Waals surface area contributed by atoms with Gasteiger partial charge in [-0.3, -0.25) is 0 Å². The molecule has 1 aromatic carbocycles. The number of aromatic hydroxyl groups is 1. The largest absolute Gasteiger partial charge is 0.506 e. The molecule has 0 saturated heterocycles. The summed E-state index contributed by atoms with van der Waals surface area (Å²) in [6.07, 6.45) is 0.176. The SMILES string of the molecule is CCC(C)[C@H](O)[C@H](N)c1c(Br)cc(Br)c(O)c1Br.Cl. The number of nitrogens with two attached hydrogens (primary N) is 1. The van der Waals surface area contributed by atoms with E-state index in [0.717, 1.165) is 10.9 Å². The molecular weight excluding hydrogens is 465 g/mol. The molecule has 0 aliphatic carbocycles. The van der Waals surface area contributed by atoms with Gasteiger partial charge in [-0.15, -0.1) is 12.4 Å². The first-order valence-corrected chi connectivity index (χ1v) is 7.99. The van der Waals surface area contributed by atoms with Gasteiger partial charge in [-0.25, -0.2) is 0 Å². The lowest BCUT2D eigenvalue weighted by molar-refractivity contribution is 0.0874. The summed E-state index contributed by atoms with van der Waals surface area (Å²) in [5.74, 6) is 0.171. The summed E-state index contributed by atoms with van der Waals surface area (Å²) in [4.78, 5) is 0. The van der Waals surface area contributed by atoms with E-state index in [2.05, 4.69) is 47.8 Å². The first-order chi connectivity index (χ1) is 8.31. The van der Waals surface area contributed by atoms with Gasteiger partial charge in [0.05, 0.1) is 21.1 Å². The molecule has 0 saturated carbocycles. The molecule has 7 heteroatoms. The monoisotopic (exact) mass is 479 g/mol. The zero-order valence-corrected chi connectivity index (χ0v) is 16.1. The highest BCUT2D eigenvalue weighted by Crippen LogP contribution is 2.42. The van der Waals surface area contributed by atoms with E-state index in [-0.39, 0.29) is 24.1 Å². The van der Waals surface area contributed by atoms with Crippen molar-refractivity contribution in [2.24, 2.45) is 11.7 Å². The summed E-state index contributed by atoms with van der Waals surface area (Å²) in [6, 6.07) is 1.15. The second-order valence-corrected chi connectivity index (χ2v) is 6.82. The minimum absolute atomic E-state index is 0. The fraction of sp³-hybridized carbons (Fsp3) is 0.500. The van der Waals surface area contributed by atoms with E-state index in [1.165, 1.54) is 0 Å². The van der Waals surface area contributed by atoms with Crippen molar-refractivity contribution in [1.82, 2.24) is 0 Å². The number of halogens is 4. The standard InChI is InChI=1S/C12H16Br3NO2.ClH/c1-3-5(2)11(17)10(16)8-6(13)4-7(14)12(18)9(8)15;/h4-5,10-11,17-18H,3,16H2,1-2H3;1H/t5?,10-,11+;/m1./s1. The fourth-order valence-corrected chi connectivity index (χ4v) is 4.32. The predicted molar refractivity (Wildman–Crippen MR) is 90.8 cm³/mol. The Morgan fingerprint density at radius 1 is 1.26 bits per heavy atom. The Morgan fingerprint density at radius 3 is 2.26 bits per heavy atom. The maximum Gasteiger partial charge on any atom is 0.144 e. The number of aliphatic hydroxyl groups is 1. The lowest BCUT2D eigenvalue weighted by Crippen LogP contribution is -2.32. The van der Waals surface area contributed by atoms with E-state index >= 15 is 0 Å². The molecule has 0 aliphatic heterocycles. The number of hydrogen-bond donors (Lipinski definition) is 3. The maximum absolute atomic E-state index is 10.2. The highest BCUT2D eigenvalue weighted by Gasteiger charge is 2.27. The van der Waals surface area contributed by atoms with E-state index in [1.807, 2.05) is 13.8 Å². The topological polar surface area (TPSA) is 66.5 Å².